The van der Waals surface area contributed by atoms with Gasteiger partial charge in [0.1, 0.15) is 18.1 Å². The molecular weight excluding hydrogens is 354 g/mol. The van der Waals surface area contributed by atoms with Crippen molar-refractivity contribution in [2.75, 3.05) is 19.8 Å². The fourth-order valence-corrected chi connectivity index (χ4v) is 2.54. The molecule has 144 valence electrons. The van der Waals surface area contributed by atoms with Gasteiger partial charge in [-0.3, -0.25) is 4.79 Å². The van der Waals surface area contributed by atoms with Crippen LogP contribution >= 0.6 is 0 Å². The van der Waals surface area contributed by atoms with Crippen LogP contribution in [0.5, 0.6) is 11.5 Å². The molecule has 1 amide bonds. The lowest BCUT2D eigenvalue weighted by atomic mass is 10.2. The van der Waals surface area contributed by atoms with Crippen molar-refractivity contribution in [3.63, 3.8) is 0 Å². The van der Waals surface area contributed by atoms with Crippen LogP contribution in [0.15, 0.2) is 73.3 Å². The van der Waals surface area contributed by atoms with E-state index in [1.165, 1.54) is 6.08 Å². The molecule has 0 bridgehead atoms. The van der Waals surface area contributed by atoms with E-state index in [1.54, 1.807) is 18.6 Å². The third-order valence-corrected chi connectivity index (χ3v) is 3.93. The van der Waals surface area contributed by atoms with E-state index in [9.17, 15) is 4.79 Å². The highest BCUT2D eigenvalue weighted by atomic mass is 16.5. The van der Waals surface area contributed by atoms with E-state index in [2.05, 4.69) is 10.3 Å². The molecule has 3 aromatic rings. The number of ether oxygens (including phenoxy) is 2. The summed E-state index contributed by atoms with van der Waals surface area (Å²) in [7, 11) is 0. The highest BCUT2D eigenvalue weighted by Gasteiger charge is 1.99. The van der Waals surface area contributed by atoms with Crippen LogP contribution in [-0.4, -0.2) is 35.2 Å². The van der Waals surface area contributed by atoms with Gasteiger partial charge in [0.2, 0.25) is 5.91 Å². The smallest absolute Gasteiger partial charge is 0.244 e. The zero-order valence-electron chi connectivity index (χ0n) is 15.7. The van der Waals surface area contributed by atoms with Crippen molar-refractivity contribution in [2.45, 2.75) is 6.92 Å². The number of imidazole rings is 1. The van der Waals surface area contributed by atoms with Gasteiger partial charge in [0.05, 0.1) is 19.5 Å². The van der Waals surface area contributed by atoms with Crippen molar-refractivity contribution in [3.05, 3.63) is 78.9 Å². The maximum atomic E-state index is 11.9. The predicted molar refractivity (Wildman–Crippen MR) is 109 cm³/mol. The van der Waals surface area contributed by atoms with Gasteiger partial charge in [0, 0.05) is 24.2 Å². The number of rotatable bonds is 9. The molecule has 28 heavy (non-hydrogen) atoms. The molecule has 0 saturated carbocycles. The zero-order chi connectivity index (χ0) is 19.6. The Bertz CT molecular complexity index is 886. The Morgan fingerprint density at radius 3 is 2.43 bits per heavy atom. The Kier molecular flexibility index (Phi) is 6.84. The second-order valence-corrected chi connectivity index (χ2v) is 5.94. The van der Waals surface area contributed by atoms with Gasteiger partial charge in [0.25, 0.3) is 0 Å². The molecule has 0 atom stereocenters. The molecule has 0 spiro atoms. The number of benzene rings is 2. The van der Waals surface area contributed by atoms with Crippen molar-refractivity contribution in [1.82, 2.24) is 14.9 Å². The van der Waals surface area contributed by atoms with Crippen LogP contribution in [0.4, 0.5) is 0 Å². The average Bonchev–Trinajstić information content (AvgIpc) is 3.26. The fraction of sp³-hybridized carbons (Fsp3) is 0.182. The summed E-state index contributed by atoms with van der Waals surface area (Å²) >= 11 is 0. The molecule has 0 radical (unpaired) electrons. The van der Waals surface area contributed by atoms with Crippen LogP contribution in [0, 0.1) is 0 Å². The van der Waals surface area contributed by atoms with Crippen LogP contribution in [0.1, 0.15) is 12.5 Å². The summed E-state index contributed by atoms with van der Waals surface area (Å²) in [6.07, 6.45) is 8.66. The number of nitrogens with zero attached hydrogens (tertiary/aromatic N) is 2. The van der Waals surface area contributed by atoms with Crippen molar-refractivity contribution in [3.8, 4) is 17.2 Å². The van der Waals surface area contributed by atoms with Gasteiger partial charge in [-0.2, -0.15) is 0 Å². The van der Waals surface area contributed by atoms with Crippen LogP contribution in [-0.2, 0) is 4.79 Å². The Labute approximate surface area is 164 Å². The first-order valence-corrected chi connectivity index (χ1v) is 9.14. The third-order valence-electron chi connectivity index (χ3n) is 3.93. The quantitative estimate of drug-likeness (QED) is 0.458. The topological polar surface area (TPSA) is 65.4 Å². The SMILES string of the molecule is CCOc1ccc(OCCNC(=O)/C=C/c2ccc(-n3ccnc3)cc2)cc1. The maximum absolute atomic E-state index is 11.9. The molecule has 0 aliphatic rings. The number of nitrogens with one attached hydrogen (secondary N) is 1. The number of amides is 1. The molecule has 1 heterocycles. The first-order chi connectivity index (χ1) is 13.7. The van der Waals surface area contributed by atoms with Crippen molar-refractivity contribution >= 4 is 12.0 Å². The summed E-state index contributed by atoms with van der Waals surface area (Å²) in [5, 5.41) is 2.80. The van der Waals surface area contributed by atoms with Crippen molar-refractivity contribution in [1.29, 1.82) is 0 Å². The molecule has 0 saturated heterocycles. The predicted octanol–water partition coefficient (Wildman–Crippen LogP) is 3.48. The molecule has 0 unspecified atom stereocenters. The molecule has 0 aliphatic heterocycles. The molecule has 2 aromatic carbocycles. The Hall–Kier alpha value is -3.54. The molecular formula is C22H23N3O3. The van der Waals surface area contributed by atoms with Crippen LogP contribution in [0.3, 0.4) is 0 Å². The minimum atomic E-state index is -0.158. The van der Waals surface area contributed by atoms with E-state index in [4.69, 9.17) is 9.47 Å². The van der Waals surface area contributed by atoms with Gasteiger partial charge in [0.15, 0.2) is 0 Å². The molecule has 0 fully saturated rings. The molecule has 6 heteroatoms. The lowest BCUT2D eigenvalue weighted by molar-refractivity contribution is -0.116. The monoisotopic (exact) mass is 377 g/mol. The lowest BCUT2D eigenvalue weighted by Gasteiger charge is -2.08. The van der Waals surface area contributed by atoms with Crippen LogP contribution in [0.25, 0.3) is 11.8 Å². The van der Waals surface area contributed by atoms with E-state index < -0.39 is 0 Å². The minimum Gasteiger partial charge on any atom is -0.494 e. The minimum absolute atomic E-state index is 0.158. The highest BCUT2D eigenvalue weighted by Crippen LogP contribution is 2.17. The summed E-state index contributed by atoms with van der Waals surface area (Å²) in [4.78, 5) is 15.9. The van der Waals surface area contributed by atoms with Crippen molar-refractivity contribution < 1.29 is 14.3 Å². The summed E-state index contributed by atoms with van der Waals surface area (Å²) < 4.78 is 12.9. The normalized spacial score (nSPS) is 10.8. The second-order valence-electron chi connectivity index (χ2n) is 5.94. The summed E-state index contributed by atoms with van der Waals surface area (Å²) in [5.41, 5.74) is 1.97. The Morgan fingerprint density at radius 2 is 1.79 bits per heavy atom. The Balaban J connectivity index is 1.39. The van der Waals surface area contributed by atoms with Gasteiger partial charge < -0.3 is 19.4 Å². The van der Waals surface area contributed by atoms with Crippen LogP contribution < -0.4 is 14.8 Å². The fourth-order valence-electron chi connectivity index (χ4n) is 2.54. The van der Waals surface area contributed by atoms with Gasteiger partial charge in [-0.15, -0.1) is 0 Å². The summed E-state index contributed by atoms with van der Waals surface area (Å²) in [6.45, 7) is 3.40. The summed E-state index contributed by atoms with van der Waals surface area (Å²) in [5.74, 6) is 1.39. The van der Waals surface area contributed by atoms with E-state index in [0.29, 0.717) is 19.8 Å². The second kappa shape index (κ2) is 9.97. The first-order valence-electron chi connectivity index (χ1n) is 9.14. The van der Waals surface area contributed by atoms with Crippen molar-refractivity contribution in [2.24, 2.45) is 0 Å². The van der Waals surface area contributed by atoms with Gasteiger partial charge >= 0.3 is 0 Å². The summed E-state index contributed by atoms with van der Waals surface area (Å²) in [6, 6.07) is 15.3. The number of carbonyl (C=O) groups excluding carboxylic acids is 1. The van der Waals surface area contributed by atoms with Crippen LogP contribution in [0.2, 0.25) is 0 Å². The molecule has 0 aliphatic carbocycles. The van der Waals surface area contributed by atoms with Gasteiger partial charge in [-0.05, 0) is 55.0 Å². The lowest BCUT2D eigenvalue weighted by Crippen LogP contribution is -2.26. The first kappa shape index (κ1) is 19.2. The average molecular weight is 377 g/mol. The van der Waals surface area contributed by atoms with Gasteiger partial charge in [-0.25, -0.2) is 4.98 Å². The number of aromatic nitrogens is 2. The van der Waals surface area contributed by atoms with E-state index in [0.717, 1.165) is 22.7 Å². The molecule has 1 N–H and O–H groups in total. The number of hydrogen-bond acceptors (Lipinski definition) is 4. The van der Waals surface area contributed by atoms with Gasteiger partial charge in [-0.1, -0.05) is 12.1 Å². The van der Waals surface area contributed by atoms with E-state index in [1.807, 2.05) is 66.2 Å². The largest absolute Gasteiger partial charge is 0.494 e. The van der Waals surface area contributed by atoms with E-state index >= 15 is 0 Å². The molecule has 1 aromatic heterocycles. The standard InChI is InChI=1S/C22H23N3O3/c1-2-27-20-8-10-21(11-9-20)28-16-14-24-22(26)12-5-18-3-6-19(7-4-18)25-15-13-23-17-25/h3-13,15,17H,2,14,16H2,1H3,(H,24,26)/b12-5+. The number of hydrogen-bond donors (Lipinski definition) is 1. The number of carbonyl (C=O) groups is 1. The zero-order valence-corrected chi connectivity index (χ0v) is 15.7. The molecule has 6 nitrogen and oxygen atoms in total. The highest BCUT2D eigenvalue weighted by molar-refractivity contribution is 5.91. The van der Waals surface area contributed by atoms with E-state index in [-0.39, 0.29) is 5.91 Å². The Morgan fingerprint density at radius 1 is 1.07 bits per heavy atom. The maximum Gasteiger partial charge on any atom is 0.244 e. The third kappa shape index (κ3) is 5.74. The molecule has 3 rings (SSSR count).